The van der Waals surface area contributed by atoms with Crippen molar-refractivity contribution in [3.05, 3.63) is 224 Å². The van der Waals surface area contributed by atoms with Crippen molar-refractivity contribution in [1.82, 2.24) is 4.57 Å². The molecule has 3 heteroatoms. The van der Waals surface area contributed by atoms with Crippen LogP contribution in [0.2, 0.25) is 0 Å². The van der Waals surface area contributed by atoms with Crippen LogP contribution in [0, 0.1) is 0 Å². The zero-order valence-electron chi connectivity index (χ0n) is 31.3. The Morgan fingerprint density at radius 3 is 1.61 bits per heavy atom. The van der Waals surface area contributed by atoms with Gasteiger partial charge < -0.3 is 15.2 Å². The van der Waals surface area contributed by atoms with E-state index in [4.69, 9.17) is 0 Å². The first kappa shape index (κ1) is 33.9. The molecule has 0 aliphatic heterocycles. The lowest BCUT2D eigenvalue weighted by atomic mass is 9.94. The van der Waals surface area contributed by atoms with Crippen molar-refractivity contribution in [3.8, 4) is 50.2 Å². The highest BCUT2D eigenvalue weighted by Gasteiger charge is 2.16. The van der Waals surface area contributed by atoms with Crippen molar-refractivity contribution in [2.75, 3.05) is 10.6 Å². The van der Waals surface area contributed by atoms with Gasteiger partial charge in [-0.15, -0.1) is 0 Å². The van der Waals surface area contributed by atoms with Crippen molar-refractivity contribution in [2.45, 2.75) is 0 Å². The normalized spacial score (nSPS) is 11.2. The summed E-state index contributed by atoms with van der Waals surface area (Å²) in [5.74, 6) is 0. The molecule has 0 aliphatic carbocycles. The van der Waals surface area contributed by atoms with Crippen molar-refractivity contribution >= 4 is 44.6 Å². The second-order valence-corrected chi connectivity index (χ2v) is 14.4. The first-order valence-corrected chi connectivity index (χ1v) is 19.4. The Morgan fingerprint density at radius 2 is 0.807 bits per heavy atom. The summed E-state index contributed by atoms with van der Waals surface area (Å²) in [5, 5.41) is 9.89. The van der Waals surface area contributed by atoms with Crippen LogP contribution in [0.1, 0.15) is 0 Å². The minimum absolute atomic E-state index is 1.04. The molecule has 0 unspecified atom stereocenters. The van der Waals surface area contributed by atoms with Gasteiger partial charge >= 0.3 is 0 Å². The number of benzene rings is 9. The fourth-order valence-corrected chi connectivity index (χ4v) is 7.99. The molecule has 9 aromatic carbocycles. The van der Waals surface area contributed by atoms with Crippen LogP contribution in [-0.2, 0) is 0 Å². The Labute approximate surface area is 333 Å². The van der Waals surface area contributed by atoms with E-state index < -0.39 is 0 Å². The second-order valence-electron chi connectivity index (χ2n) is 14.4. The van der Waals surface area contributed by atoms with Gasteiger partial charge in [-0.1, -0.05) is 146 Å². The molecule has 57 heavy (non-hydrogen) atoms. The summed E-state index contributed by atoms with van der Waals surface area (Å²) >= 11 is 0. The van der Waals surface area contributed by atoms with E-state index >= 15 is 0 Å². The van der Waals surface area contributed by atoms with Gasteiger partial charge in [0.1, 0.15) is 0 Å². The molecule has 10 aromatic rings. The van der Waals surface area contributed by atoms with Crippen LogP contribution in [0.4, 0.5) is 22.7 Å². The molecule has 3 nitrogen and oxygen atoms in total. The fraction of sp³-hybridized carbons (Fsp3) is 0. The van der Waals surface area contributed by atoms with Gasteiger partial charge in [0.05, 0.1) is 11.0 Å². The average molecular weight is 730 g/mol. The monoisotopic (exact) mass is 729 g/mol. The van der Waals surface area contributed by atoms with E-state index in [1.54, 1.807) is 0 Å². The average Bonchev–Trinajstić information content (AvgIpc) is 3.62. The first-order chi connectivity index (χ1) is 28.2. The van der Waals surface area contributed by atoms with E-state index in [0.29, 0.717) is 0 Å². The molecule has 270 valence electrons. The number of fused-ring (bicyclic) bond motifs is 3. The van der Waals surface area contributed by atoms with Crippen molar-refractivity contribution < 1.29 is 0 Å². The molecular weight excluding hydrogens is 691 g/mol. The number of hydrogen-bond donors (Lipinski definition) is 2. The lowest BCUT2D eigenvalue weighted by molar-refractivity contribution is 1.18. The molecular formula is C54H39N3. The highest BCUT2D eigenvalue weighted by Crippen LogP contribution is 2.40. The van der Waals surface area contributed by atoms with Crippen molar-refractivity contribution in [3.63, 3.8) is 0 Å². The van der Waals surface area contributed by atoms with Crippen LogP contribution in [0.5, 0.6) is 0 Å². The van der Waals surface area contributed by atoms with E-state index in [2.05, 4.69) is 234 Å². The molecule has 0 fully saturated rings. The van der Waals surface area contributed by atoms with Gasteiger partial charge in [0.25, 0.3) is 0 Å². The lowest BCUT2D eigenvalue weighted by Gasteiger charge is -2.17. The Hall–Kier alpha value is -7.62. The largest absolute Gasteiger partial charge is 0.355 e. The lowest BCUT2D eigenvalue weighted by Crippen LogP contribution is -1.95. The highest BCUT2D eigenvalue weighted by molar-refractivity contribution is 6.11. The van der Waals surface area contributed by atoms with E-state index in [1.165, 1.54) is 32.9 Å². The number of rotatable bonds is 9. The third kappa shape index (κ3) is 6.73. The summed E-state index contributed by atoms with van der Waals surface area (Å²) in [6.07, 6.45) is 0. The van der Waals surface area contributed by atoms with Crippen molar-refractivity contribution in [1.29, 1.82) is 0 Å². The molecule has 0 saturated carbocycles. The molecule has 2 N–H and O–H groups in total. The molecule has 10 rings (SSSR count). The maximum absolute atomic E-state index is 3.80. The SMILES string of the molecule is c1ccc(Nc2ccccc2-c2cccc(-c3ccc(Nc4ccc(-c5ccccc5)cc4)c(-c4ccc5c(c4)c4ccccc4n5-c4ccccc4)c3)c2)cc1. The molecule has 0 spiro atoms. The standard InChI is InChI=1S/C54H39N3/c1-4-15-38(16-5-1)39-27-31-45(32-28-39)56-52-33-29-41(40-17-14-18-42(35-40)47-23-10-12-25-51(47)55-44-19-6-2-7-20-44)36-49(52)43-30-34-54-50(37-43)48-24-11-13-26-53(48)57(54)46-21-8-3-9-22-46/h1-37,55-56H. The zero-order chi connectivity index (χ0) is 38.0. The highest BCUT2D eigenvalue weighted by atomic mass is 15.0. The van der Waals surface area contributed by atoms with Crippen LogP contribution in [0.25, 0.3) is 72.0 Å². The number of para-hydroxylation sites is 4. The van der Waals surface area contributed by atoms with Crippen LogP contribution < -0.4 is 10.6 Å². The van der Waals surface area contributed by atoms with Gasteiger partial charge in [0, 0.05) is 50.3 Å². The quantitative estimate of drug-likeness (QED) is 0.155. The van der Waals surface area contributed by atoms with Gasteiger partial charge in [0.15, 0.2) is 0 Å². The zero-order valence-corrected chi connectivity index (χ0v) is 31.3. The molecule has 0 atom stereocenters. The molecule has 0 aliphatic rings. The van der Waals surface area contributed by atoms with Gasteiger partial charge in [-0.25, -0.2) is 0 Å². The third-order valence-corrected chi connectivity index (χ3v) is 10.8. The number of aromatic nitrogens is 1. The molecule has 1 heterocycles. The van der Waals surface area contributed by atoms with Crippen molar-refractivity contribution in [2.24, 2.45) is 0 Å². The van der Waals surface area contributed by atoms with Gasteiger partial charge in [-0.3, -0.25) is 0 Å². The Kier molecular flexibility index (Phi) is 8.86. The summed E-state index contributed by atoms with van der Waals surface area (Å²) < 4.78 is 2.37. The van der Waals surface area contributed by atoms with Crippen LogP contribution in [-0.4, -0.2) is 4.57 Å². The third-order valence-electron chi connectivity index (χ3n) is 10.8. The van der Waals surface area contributed by atoms with Crippen LogP contribution in [0.15, 0.2) is 224 Å². The number of nitrogens with one attached hydrogen (secondary N) is 2. The van der Waals surface area contributed by atoms with E-state index in [1.807, 2.05) is 6.07 Å². The summed E-state index contributed by atoms with van der Waals surface area (Å²) in [5.41, 5.74) is 17.0. The van der Waals surface area contributed by atoms with Gasteiger partial charge in [-0.2, -0.15) is 0 Å². The molecule has 0 bridgehead atoms. The Bertz CT molecular complexity index is 2980. The summed E-state index contributed by atoms with van der Waals surface area (Å²) in [7, 11) is 0. The van der Waals surface area contributed by atoms with E-state index in [0.717, 1.165) is 61.8 Å². The van der Waals surface area contributed by atoms with Gasteiger partial charge in [-0.05, 0) is 112 Å². The van der Waals surface area contributed by atoms with E-state index in [9.17, 15) is 0 Å². The molecule has 1 aromatic heterocycles. The second kappa shape index (κ2) is 14.9. The summed E-state index contributed by atoms with van der Waals surface area (Å²) in [4.78, 5) is 0. The topological polar surface area (TPSA) is 29.0 Å². The van der Waals surface area contributed by atoms with Crippen LogP contribution >= 0.6 is 0 Å². The Morgan fingerprint density at radius 1 is 0.281 bits per heavy atom. The maximum atomic E-state index is 3.80. The predicted molar refractivity (Wildman–Crippen MR) is 242 cm³/mol. The van der Waals surface area contributed by atoms with Gasteiger partial charge in [0.2, 0.25) is 0 Å². The fourth-order valence-electron chi connectivity index (χ4n) is 7.99. The summed E-state index contributed by atoms with van der Waals surface area (Å²) in [6.45, 7) is 0. The minimum Gasteiger partial charge on any atom is -0.355 e. The maximum Gasteiger partial charge on any atom is 0.0541 e. The first-order valence-electron chi connectivity index (χ1n) is 19.4. The smallest absolute Gasteiger partial charge is 0.0541 e. The van der Waals surface area contributed by atoms with Crippen LogP contribution in [0.3, 0.4) is 0 Å². The number of nitrogens with zero attached hydrogens (tertiary/aromatic N) is 1. The Balaban J connectivity index is 1.08. The number of hydrogen-bond acceptors (Lipinski definition) is 2. The number of anilines is 4. The molecule has 0 saturated heterocycles. The molecule has 0 radical (unpaired) electrons. The molecule has 0 amide bonds. The summed E-state index contributed by atoms with van der Waals surface area (Å²) in [6, 6.07) is 80.0. The minimum atomic E-state index is 1.04. The predicted octanol–water partition coefficient (Wildman–Crippen LogP) is 14.9. The van der Waals surface area contributed by atoms with E-state index in [-0.39, 0.29) is 0 Å².